The predicted octanol–water partition coefficient (Wildman–Crippen LogP) is 2.43. The maximum atomic E-state index is 10.5. The number of carbonyl (C=O) groups is 1. The monoisotopic (exact) mass is 238 g/mol. The summed E-state index contributed by atoms with van der Waals surface area (Å²) in [4.78, 5) is 19.4. The molecule has 0 spiro atoms. The van der Waals surface area contributed by atoms with Crippen molar-refractivity contribution in [3.05, 3.63) is 23.8 Å². The summed E-state index contributed by atoms with van der Waals surface area (Å²) in [6.07, 6.45) is 0.566. The molecule has 5 nitrogen and oxygen atoms in total. The lowest BCUT2D eigenvalue weighted by Crippen LogP contribution is -1.94. The van der Waals surface area contributed by atoms with Gasteiger partial charge in [0.05, 0.1) is 5.56 Å². The Morgan fingerprint density at radius 2 is 1.86 bits per heavy atom. The molecule has 1 aromatic carbocycles. The van der Waals surface area contributed by atoms with E-state index in [0.29, 0.717) is 6.29 Å². The van der Waals surface area contributed by atoms with E-state index in [-0.39, 0.29) is 17.1 Å². The molecule has 0 aliphatic heterocycles. The van der Waals surface area contributed by atoms with Gasteiger partial charge >= 0.3 is 0 Å². The number of hydrogen-bond acceptors (Lipinski definition) is 5. The first-order valence-corrected chi connectivity index (χ1v) is 3.93. The van der Waals surface area contributed by atoms with Gasteiger partial charge in [0.2, 0.25) is 0 Å². The molecule has 0 atom stereocenters. The minimum atomic E-state index is 0.0845. The van der Waals surface area contributed by atoms with Crippen LogP contribution in [0.2, 0.25) is 0 Å². The fourth-order valence-corrected chi connectivity index (χ4v) is 0.947. The van der Waals surface area contributed by atoms with Crippen molar-refractivity contribution in [2.24, 2.45) is 0 Å². The highest BCUT2D eigenvalue weighted by Crippen LogP contribution is 2.24. The van der Waals surface area contributed by atoms with E-state index in [9.17, 15) is 4.79 Å². The van der Waals surface area contributed by atoms with Gasteiger partial charge in [-0.15, -0.1) is 0 Å². The molecule has 14 heavy (non-hydrogen) atoms. The first-order valence-electron chi connectivity index (χ1n) is 3.31. The fourth-order valence-electron chi connectivity index (χ4n) is 0.806. The van der Waals surface area contributed by atoms with Gasteiger partial charge in [-0.2, -0.15) is 0 Å². The first-order chi connectivity index (χ1) is 6.81. The van der Waals surface area contributed by atoms with Crippen LogP contribution in [-0.2, 0) is 8.88 Å². The van der Waals surface area contributed by atoms with Crippen LogP contribution in [0.25, 0.3) is 0 Å². The summed E-state index contributed by atoms with van der Waals surface area (Å²) in [6.45, 7) is 0. The third kappa shape index (κ3) is 2.74. The molecule has 0 saturated carbocycles. The van der Waals surface area contributed by atoms with E-state index in [1.165, 1.54) is 18.2 Å². The molecule has 0 unspecified atom stereocenters. The molecule has 76 valence electrons. The molecule has 0 aromatic heterocycles. The normalized spacial score (nSPS) is 9.57. The highest BCUT2D eigenvalue weighted by molar-refractivity contribution is 6.07. The molecule has 0 N–H and O–H groups in total. The molecule has 0 heterocycles. The molecular formula is C7H4Cl2O5. The SMILES string of the molecule is O=Cc1ccc(OOCl)cc1OOCl. The largest absolute Gasteiger partial charge is 0.320 e. The molecule has 0 radical (unpaired) electrons. The van der Waals surface area contributed by atoms with Gasteiger partial charge in [-0.05, 0) is 12.1 Å². The minimum Gasteiger partial charge on any atom is -0.320 e. The van der Waals surface area contributed by atoms with Crippen LogP contribution in [0.1, 0.15) is 10.4 Å². The Morgan fingerprint density at radius 3 is 2.43 bits per heavy atom. The van der Waals surface area contributed by atoms with Crippen molar-refractivity contribution in [1.29, 1.82) is 0 Å². The number of halogens is 2. The second kappa shape index (κ2) is 5.66. The topological polar surface area (TPSA) is 54.0 Å². The molecule has 0 fully saturated rings. The lowest BCUT2D eigenvalue weighted by atomic mass is 10.2. The summed E-state index contributed by atoms with van der Waals surface area (Å²) in [7, 11) is 0. The molecule has 0 aliphatic carbocycles. The van der Waals surface area contributed by atoms with Crippen molar-refractivity contribution < 1.29 is 23.4 Å². The van der Waals surface area contributed by atoms with Crippen molar-refractivity contribution in [3.63, 3.8) is 0 Å². The Balaban J connectivity index is 2.94. The van der Waals surface area contributed by atoms with Gasteiger partial charge in [0.1, 0.15) is 23.7 Å². The van der Waals surface area contributed by atoms with E-state index in [4.69, 9.17) is 23.7 Å². The van der Waals surface area contributed by atoms with Gasteiger partial charge in [0, 0.05) is 6.07 Å². The zero-order valence-electron chi connectivity index (χ0n) is 6.61. The van der Waals surface area contributed by atoms with Crippen molar-refractivity contribution >= 4 is 30.0 Å². The number of rotatable bonds is 5. The molecule has 0 bridgehead atoms. The van der Waals surface area contributed by atoms with Crippen LogP contribution in [0.4, 0.5) is 0 Å². The maximum absolute atomic E-state index is 10.5. The van der Waals surface area contributed by atoms with Gasteiger partial charge in [-0.3, -0.25) is 4.79 Å². The summed E-state index contributed by atoms with van der Waals surface area (Å²) in [5.41, 5.74) is 0.243. The van der Waals surface area contributed by atoms with Crippen LogP contribution in [0.15, 0.2) is 18.2 Å². The summed E-state index contributed by atoms with van der Waals surface area (Å²) in [5, 5.41) is 0. The van der Waals surface area contributed by atoms with Crippen LogP contribution < -0.4 is 9.78 Å². The lowest BCUT2D eigenvalue weighted by Gasteiger charge is -2.03. The molecular weight excluding hydrogens is 235 g/mol. The molecule has 7 heteroatoms. The van der Waals surface area contributed by atoms with E-state index >= 15 is 0 Å². The quantitative estimate of drug-likeness (QED) is 0.448. The average molecular weight is 239 g/mol. The Labute approximate surface area is 89.2 Å². The third-order valence-electron chi connectivity index (χ3n) is 1.36. The summed E-state index contributed by atoms with van der Waals surface area (Å²) >= 11 is 9.71. The van der Waals surface area contributed by atoms with Crippen molar-refractivity contribution in [2.75, 3.05) is 0 Å². The van der Waals surface area contributed by atoms with Gasteiger partial charge in [0.25, 0.3) is 0 Å². The molecule has 0 aliphatic rings. The molecule has 0 amide bonds. The summed E-state index contributed by atoms with van der Waals surface area (Å²) in [5.74, 6) is 0.315. The molecule has 1 aromatic rings. The average Bonchev–Trinajstić information content (AvgIpc) is 2.19. The number of benzene rings is 1. The number of hydrogen-bond donors (Lipinski definition) is 0. The van der Waals surface area contributed by atoms with E-state index in [0.717, 1.165) is 0 Å². The van der Waals surface area contributed by atoms with E-state index in [1.807, 2.05) is 0 Å². The first kappa shape index (κ1) is 11.1. The van der Waals surface area contributed by atoms with Crippen LogP contribution in [-0.4, -0.2) is 6.29 Å². The Hall–Kier alpha value is -1.01. The predicted molar refractivity (Wildman–Crippen MR) is 47.0 cm³/mol. The van der Waals surface area contributed by atoms with Gasteiger partial charge in [0.15, 0.2) is 17.8 Å². The van der Waals surface area contributed by atoms with Crippen LogP contribution in [0.3, 0.4) is 0 Å². The van der Waals surface area contributed by atoms with E-state index in [2.05, 4.69) is 18.7 Å². The van der Waals surface area contributed by atoms with Crippen LogP contribution >= 0.6 is 23.7 Å². The van der Waals surface area contributed by atoms with Gasteiger partial charge in [-0.1, -0.05) is 8.88 Å². The Kier molecular flexibility index (Phi) is 4.48. The highest BCUT2D eigenvalue weighted by atomic mass is 35.5. The lowest BCUT2D eigenvalue weighted by molar-refractivity contribution is -0.0997. The second-order valence-corrected chi connectivity index (χ2v) is 2.36. The maximum Gasteiger partial charge on any atom is 0.181 e. The zero-order valence-corrected chi connectivity index (χ0v) is 8.12. The smallest absolute Gasteiger partial charge is 0.181 e. The third-order valence-corrected chi connectivity index (χ3v) is 1.49. The van der Waals surface area contributed by atoms with E-state index in [1.54, 1.807) is 0 Å². The highest BCUT2D eigenvalue weighted by Gasteiger charge is 2.07. The Bertz CT molecular complexity index is 317. The van der Waals surface area contributed by atoms with Gasteiger partial charge < -0.3 is 9.78 Å². The van der Waals surface area contributed by atoms with Crippen molar-refractivity contribution in [1.82, 2.24) is 0 Å². The molecule has 1 rings (SSSR count). The fraction of sp³-hybridized carbons (Fsp3) is 0. The minimum absolute atomic E-state index is 0.0845. The summed E-state index contributed by atoms with van der Waals surface area (Å²) < 4.78 is 7.78. The number of aldehydes is 1. The van der Waals surface area contributed by atoms with E-state index < -0.39 is 0 Å². The zero-order chi connectivity index (χ0) is 10.4. The number of carbonyl (C=O) groups excluding carboxylic acids is 1. The van der Waals surface area contributed by atoms with Crippen molar-refractivity contribution in [3.8, 4) is 11.5 Å². The molecule has 0 saturated heterocycles. The van der Waals surface area contributed by atoms with Crippen LogP contribution in [0, 0.1) is 0 Å². The Morgan fingerprint density at radius 1 is 1.14 bits per heavy atom. The van der Waals surface area contributed by atoms with Crippen LogP contribution in [0.5, 0.6) is 11.5 Å². The summed E-state index contributed by atoms with van der Waals surface area (Å²) in [6, 6.07) is 4.19. The standard InChI is InChI=1S/C7H4Cl2O5/c8-13-11-6-2-1-5(4-10)7(3-6)12-14-9/h1-4H. The van der Waals surface area contributed by atoms with Crippen molar-refractivity contribution in [2.45, 2.75) is 0 Å². The second-order valence-electron chi connectivity index (χ2n) is 2.11. The van der Waals surface area contributed by atoms with Gasteiger partial charge in [-0.25, -0.2) is 0 Å².